The van der Waals surface area contributed by atoms with Gasteiger partial charge in [-0.2, -0.15) is 0 Å². The minimum atomic E-state index is 0.294. The zero-order chi connectivity index (χ0) is 14.7. The molecule has 2 aromatic rings. The summed E-state index contributed by atoms with van der Waals surface area (Å²) < 4.78 is 21.2. The SMILES string of the molecule is COc1ccc(NCc2ccc3c(c2)OCO3)cc1OC. The third-order valence-electron chi connectivity index (χ3n) is 3.32. The Labute approximate surface area is 123 Å². The standard InChI is InChI=1S/C16H17NO4/c1-18-13-6-4-12(8-15(13)19-2)17-9-11-3-5-14-16(7-11)21-10-20-14/h3-8,17H,9-10H2,1-2H3. The zero-order valence-corrected chi connectivity index (χ0v) is 12.0. The van der Waals surface area contributed by atoms with Crippen LogP contribution in [0.1, 0.15) is 5.56 Å². The molecule has 0 amide bonds. The minimum absolute atomic E-state index is 0.294. The molecule has 0 atom stereocenters. The molecule has 0 spiro atoms. The summed E-state index contributed by atoms with van der Waals surface area (Å²) in [6.07, 6.45) is 0. The zero-order valence-electron chi connectivity index (χ0n) is 12.0. The van der Waals surface area contributed by atoms with E-state index in [0.29, 0.717) is 24.8 Å². The van der Waals surface area contributed by atoms with Crippen LogP contribution in [0.4, 0.5) is 5.69 Å². The van der Waals surface area contributed by atoms with Gasteiger partial charge in [0.1, 0.15) is 0 Å². The molecular weight excluding hydrogens is 270 g/mol. The molecule has 1 aliphatic rings. The number of ether oxygens (including phenoxy) is 4. The van der Waals surface area contributed by atoms with E-state index in [0.717, 1.165) is 22.7 Å². The van der Waals surface area contributed by atoms with Crippen molar-refractivity contribution < 1.29 is 18.9 Å². The van der Waals surface area contributed by atoms with Crippen LogP contribution in [0.25, 0.3) is 0 Å². The molecule has 0 saturated carbocycles. The quantitative estimate of drug-likeness (QED) is 0.916. The van der Waals surface area contributed by atoms with Gasteiger partial charge in [-0.05, 0) is 29.8 Å². The van der Waals surface area contributed by atoms with Crippen LogP contribution in [0.3, 0.4) is 0 Å². The normalized spacial score (nSPS) is 12.1. The predicted octanol–water partition coefficient (Wildman–Crippen LogP) is 3.04. The van der Waals surface area contributed by atoms with Crippen LogP contribution in [0.15, 0.2) is 36.4 Å². The lowest BCUT2D eigenvalue weighted by atomic mass is 10.2. The number of benzene rings is 2. The van der Waals surface area contributed by atoms with Gasteiger partial charge in [0.05, 0.1) is 14.2 Å². The van der Waals surface area contributed by atoms with E-state index in [1.165, 1.54) is 0 Å². The van der Waals surface area contributed by atoms with Crippen molar-refractivity contribution in [3.8, 4) is 23.0 Å². The fourth-order valence-corrected chi connectivity index (χ4v) is 2.20. The lowest BCUT2D eigenvalue weighted by molar-refractivity contribution is 0.174. The molecule has 5 nitrogen and oxygen atoms in total. The van der Waals surface area contributed by atoms with Gasteiger partial charge in [-0.1, -0.05) is 6.07 Å². The molecule has 5 heteroatoms. The second-order valence-electron chi connectivity index (χ2n) is 4.61. The molecule has 2 aromatic carbocycles. The molecule has 3 rings (SSSR count). The molecule has 1 N–H and O–H groups in total. The highest BCUT2D eigenvalue weighted by atomic mass is 16.7. The van der Waals surface area contributed by atoms with Crippen LogP contribution < -0.4 is 24.3 Å². The predicted molar refractivity (Wildman–Crippen MR) is 79.4 cm³/mol. The summed E-state index contributed by atoms with van der Waals surface area (Å²) in [6, 6.07) is 11.7. The highest BCUT2D eigenvalue weighted by Crippen LogP contribution is 2.33. The number of anilines is 1. The molecular formula is C16H17NO4. The first kappa shape index (κ1) is 13.4. The maximum Gasteiger partial charge on any atom is 0.231 e. The molecule has 1 heterocycles. The Morgan fingerprint density at radius 1 is 0.952 bits per heavy atom. The summed E-state index contributed by atoms with van der Waals surface area (Å²) in [4.78, 5) is 0. The van der Waals surface area contributed by atoms with E-state index < -0.39 is 0 Å². The Bertz CT molecular complexity index is 642. The first-order valence-electron chi connectivity index (χ1n) is 6.64. The maximum absolute atomic E-state index is 5.37. The molecule has 0 fully saturated rings. The van der Waals surface area contributed by atoms with Gasteiger partial charge < -0.3 is 24.3 Å². The van der Waals surface area contributed by atoms with Gasteiger partial charge in [0.2, 0.25) is 6.79 Å². The van der Waals surface area contributed by atoms with Crippen LogP contribution >= 0.6 is 0 Å². The first-order chi connectivity index (χ1) is 10.3. The monoisotopic (exact) mass is 287 g/mol. The van der Waals surface area contributed by atoms with Crippen molar-refractivity contribution in [3.63, 3.8) is 0 Å². The van der Waals surface area contributed by atoms with E-state index in [1.807, 2.05) is 36.4 Å². The van der Waals surface area contributed by atoms with E-state index >= 15 is 0 Å². The van der Waals surface area contributed by atoms with E-state index in [4.69, 9.17) is 18.9 Å². The summed E-state index contributed by atoms with van der Waals surface area (Å²) in [5.41, 5.74) is 2.08. The Morgan fingerprint density at radius 3 is 2.57 bits per heavy atom. The second kappa shape index (κ2) is 5.83. The number of hydrogen-bond acceptors (Lipinski definition) is 5. The van der Waals surface area contributed by atoms with Gasteiger partial charge in [0, 0.05) is 18.3 Å². The van der Waals surface area contributed by atoms with Gasteiger partial charge in [0.15, 0.2) is 23.0 Å². The average Bonchev–Trinajstić information content (AvgIpc) is 3.00. The van der Waals surface area contributed by atoms with Crippen molar-refractivity contribution in [1.29, 1.82) is 0 Å². The van der Waals surface area contributed by atoms with E-state index in [-0.39, 0.29) is 0 Å². The smallest absolute Gasteiger partial charge is 0.231 e. The van der Waals surface area contributed by atoms with Crippen molar-refractivity contribution in [2.24, 2.45) is 0 Å². The minimum Gasteiger partial charge on any atom is -0.493 e. The number of methoxy groups -OCH3 is 2. The Kier molecular flexibility index (Phi) is 3.73. The maximum atomic E-state index is 5.37. The van der Waals surface area contributed by atoms with Crippen LogP contribution in [0, 0.1) is 0 Å². The van der Waals surface area contributed by atoms with Crippen LogP contribution in [0.5, 0.6) is 23.0 Å². The highest BCUT2D eigenvalue weighted by Gasteiger charge is 2.13. The van der Waals surface area contributed by atoms with Crippen LogP contribution in [0.2, 0.25) is 0 Å². The third kappa shape index (κ3) is 2.81. The van der Waals surface area contributed by atoms with E-state index in [1.54, 1.807) is 14.2 Å². The van der Waals surface area contributed by atoms with Crippen LogP contribution in [-0.2, 0) is 6.54 Å². The van der Waals surface area contributed by atoms with Crippen molar-refractivity contribution >= 4 is 5.69 Å². The molecule has 0 radical (unpaired) electrons. The second-order valence-corrected chi connectivity index (χ2v) is 4.61. The fourth-order valence-electron chi connectivity index (χ4n) is 2.20. The molecule has 21 heavy (non-hydrogen) atoms. The Hall–Kier alpha value is -2.56. The molecule has 0 aromatic heterocycles. The van der Waals surface area contributed by atoms with Gasteiger partial charge in [-0.15, -0.1) is 0 Å². The van der Waals surface area contributed by atoms with Crippen molar-refractivity contribution in [2.75, 3.05) is 26.3 Å². The van der Waals surface area contributed by atoms with Crippen molar-refractivity contribution in [1.82, 2.24) is 0 Å². The molecule has 0 aliphatic carbocycles. The highest BCUT2D eigenvalue weighted by molar-refractivity contribution is 5.55. The molecule has 110 valence electrons. The first-order valence-corrected chi connectivity index (χ1v) is 6.64. The molecule has 0 unspecified atom stereocenters. The summed E-state index contributed by atoms with van der Waals surface area (Å²) in [7, 11) is 3.25. The number of nitrogens with one attached hydrogen (secondary N) is 1. The van der Waals surface area contributed by atoms with E-state index in [9.17, 15) is 0 Å². The van der Waals surface area contributed by atoms with Gasteiger partial charge in [0.25, 0.3) is 0 Å². The lowest BCUT2D eigenvalue weighted by Crippen LogP contribution is -2.00. The molecule has 0 bridgehead atoms. The topological polar surface area (TPSA) is 49.0 Å². The summed E-state index contributed by atoms with van der Waals surface area (Å²) in [6.45, 7) is 0.980. The third-order valence-corrected chi connectivity index (χ3v) is 3.32. The average molecular weight is 287 g/mol. The lowest BCUT2D eigenvalue weighted by Gasteiger charge is -2.11. The van der Waals surface area contributed by atoms with Gasteiger partial charge in [-0.25, -0.2) is 0 Å². The largest absolute Gasteiger partial charge is 0.493 e. The number of fused-ring (bicyclic) bond motifs is 1. The summed E-state index contributed by atoms with van der Waals surface area (Å²) in [5.74, 6) is 3.01. The number of hydrogen-bond donors (Lipinski definition) is 1. The summed E-state index contributed by atoms with van der Waals surface area (Å²) in [5, 5.41) is 3.35. The Balaban J connectivity index is 1.70. The van der Waals surface area contributed by atoms with Crippen molar-refractivity contribution in [2.45, 2.75) is 6.54 Å². The molecule has 1 aliphatic heterocycles. The van der Waals surface area contributed by atoms with Crippen LogP contribution in [-0.4, -0.2) is 21.0 Å². The van der Waals surface area contributed by atoms with Gasteiger partial charge >= 0.3 is 0 Å². The number of rotatable bonds is 5. The van der Waals surface area contributed by atoms with Gasteiger partial charge in [-0.3, -0.25) is 0 Å². The Morgan fingerprint density at radius 2 is 1.76 bits per heavy atom. The summed E-state index contributed by atoms with van der Waals surface area (Å²) >= 11 is 0. The fraction of sp³-hybridized carbons (Fsp3) is 0.250. The van der Waals surface area contributed by atoms with E-state index in [2.05, 4.69) is 5.32 Å². The molecule has 0 saturated heterocycles. The van der Waals surface area contributed by atoms with Crippen molar-refractivity contribution in [3.05, 3.63) is 42.0 Å².